The van der Waals surface area contributed by atoms with Crippen LogP contribution in [0.2, 0.25) is 0 Å². The maximum absolute atomic E-state index is 12.4. The molecule has 0 atom stereocenters. The Hall–Kier alpha value is -3.44. The van der Waals surface area contributed by atoms with Gasteiger partial charge in [-0.05, 0) is 24.3 Å². The number of nitrogens with zero attached hydrogens (tertiary/aromatic N) is 1. The number of carbonyl (C=O) groups excluding carboxylic acids is 1. The smallest absolute Gasteiger partial charge is 0.308 e. The van der Waals surface area contributed by atoms with Gasteiger partial charge >= 0.3 is 6.03 Å². The number of amides is 2. The largest absolute Gasteiger partial charge is 0.323 e. The summed E-state index contributed by atoms with van der Waals surface area (Å²) in [4.78, 5) is 17.1. The zero-order valence-electron chi connectivity index (χ0n) is 14.4. The molecule has 0 bridgehead atoms. The van der Waals surface area contributed by atoms with Crippen LogP contribution in [0.15, 0.2) is 90.3 Å². The highest BCUT2D eigenvalue weighted by molar-refractivity contribution is 7.13. The summed E-state index contributed by atoms with van der Waals surface area (Å²) in [6, 6.07) is 26.8. The Kier molecular flexibility index (Phi) is 4.94. The summed E-state index contributed by atoms with van der Waals surface area (Å²) in [7, 11) is 0. The maximum atomic E-state index is 12.4. The van der Waals surface area contributed by atoms with Crippen LogP contribution in [0.3, 0.4) is 0 Å². The number of anilines is 2. The fraction of sp³-hybridized carbons (Fsp3) is 0. The molecular weight excluding hydrogens is 354 g/mol. The van der Waals surface area contributed by atoms with Gasteiger partial charge in [0.15, 0.2) is 0 Å². The second kappa shape index (κ2) is 7.85. The molecule has 5 heteroatoms. The van der Waals surface area contributed by atoms with E-state index in [1.807, 2.05) is 90.3 Å². The van der Waals surface area contributed by atoms with Gasteiger partial charge in [-0.2, -0.15) is 0 Å². The number of rotatable bonds is 4. The van der Waals surface area contributed by atoms with Gasteiger partial charge < -0.3 is 10.6 Å². The van der Waals surface area contributed by atoms with E-state index in [0.29, 0.717) is 0 Å². The van der Waals surface area contributed by atoms with Crippen molar-refractivity contribution < 1.29 is 4.79 Å². The number of hydrogen-bond donors (Lipinski definition) is 2. The molecule has 0 fully saturated rings. The Morgan fingerprint density at radius 3 is 2.22 bits per heavy atom. The molecule has 1 heterocycles. The van der Waals surface area contributed by atoms with E-state index in [2.05, 4.69) is 10.6 Å². The normalized spacial score (nSPS) is 10.4. The van der Waals surface area contributed by atoms with Crippen LogP contribution in [0.4, 0.5) is 16.2 Å². The summed E-state index contributed by atoms with van der Waals surface area (Å²) in [5.74, 6) is 0. The molecule has 0 saturated carbocycles. The van der Waals surface area contributed by atoms with E-state index in [0.717, 1.165) is 33.2 Å². The summed E-state index contributed by atoms with van der Waals surface area (Å²) in [5, 5.41) is 8.65. The number of para-hydroxylation sites is 2. The van der Waals surface area contributed by atoms with Crippen LogP contribution in [-0.2, 0) is 0 Å². The minimum Gasteiger partial charge on any atom is -0.308 e. The molecule has 0 aliphatic heterocycles. The number of thiazole rings is 1. The lowest BCUT2D eigenvalue weighted by atomic mass is 10.1. The summed E-state index contributed by atoms with van der Waals surface area (Å²) >= 11 is 1.56. The van der Waals surface area contributed by atoms with E-state index in [9.17, 15) is 4.79 Å². The number of benzene rings is 3. The van der Waals surface area contributed by atoms with Gasteiger partial charge in [-0.1, -0.05) is 60.7 Å². The van der Waals surface area contributed by atoms with Crippen LogP contribution in [0.1, 0.15) is 0 Å². The van der Waals surface area contributed by atoms with E-state index in [-0.39, 0.29) is 6.03 Å². The minimum absolute atomic E-state index is 0.284. The van der Waals surface area contributed by atoms with Crippen LogP contribution >= 0.6 is 11.3 Å². The minimum atomic E-state index is -0.284. The fourth-order valence-electron chi connectivity index (χ4n) is 2.72. The second-order valence-corrected chi connectivity index (χ2v) is 6.75. The van der Waals surface area contributed by atoms with E-state index in [4.69, 9.17) is 4.98 Å². The van der Waals surface area contributed by atoms with E-state index < -0.39 is 0 Å². The average Bonchev–Trinajstić information content (AvgIpc) is 3.20. The Bertz CT molecular complexity index is 1050. The summed E-state index contributed by atoms with van der Waals surface area (Å²) in [5.41, 5.74) is 4.37. The molecule has 1 aromatic heterocycles. The van der Waals surface area contributed by atoms with Gasteiger partial charge in [-0.15, -0.1) is 11.3 Å². The highest BCUT2D eigenvalue weighted by Crippen LogP contribution is 2.33. The first-order valence-corrected chi connectivity index (χ1v) is 9.41. The molecule has 2 amide bonds. The van der Waals surface area contributed by atoms with Crippen molar-refractivity contribution in [2.24, 2.45) is 0 Å². The third kappa shape index (κ3) is 4.04. The first-order valence-electron chi connectivity index (χ1n) is 8.53. The Morgan fingerprint density at radius 1 is 0.778 bits per heavy atom. The molecule has 0 saturated heterocycles. The third-order valence-electron chi connectivity index (χ3n) is 4.01. The van der Waals surface area contributed by atoms with Gasteiger partial charge in [0.2, 0.25) is 0 Å². The van der Waals surface area contributed by atoms with E-state index >= 15 is 0 Å². The van der Waals surface area contributed by atoms with Crippen LogP contribution < -0.4 is 10.6 Å². The van der Waals surface area contributed by atoms with Gasteiger partial charge in [0.05, 0.1) is 11.4 Å². The van der Waals surface area contributed by atoms with E-state index in [1.165, 1.54) is 0 Å². The van der Waals surface area contributed by atoms with E-state index in [1.54, 1.807) is 11.3 Å². The first kappa shape index (κ1) is 17.0. The molecule has 0 aliphatic carbocycles. The standard InChI is InChI=1S/C22H17N3OS/c26-22(23-17-11-5-2-6-12-17)25-19-14-8-7-13-18(19)21-24-20(15-27-21)16-9-3-1-4-10-16/h1-15H,(H2,23,25,26). The lowest BCUT2D eigenvalue weighted by molar-refractivity contribution is 0.262. The molecule has 4 rings (SSSR count). The van der Waals surface area contributed by atoms with Crippen molar-refractivity contribution in [2.45, 2.75) is 0 Å². The highest BCUT2D eigenvalue weighted by atomic mass is 32.1. The number of carbonyl (C=O) groups is 1. The van der Waals surface area contributed by atoms with Crippen molar-refractivity contribution in [3.05, 3.63) is 90.3 Å². The molecule has 2 N–H and O–H groups in total. The highest BCUT2D eigenvalue weighted by Gasteiger charge is 2.12. The molecule has 132 valence electrons. The molecule has 4 aromatic rings. The molecule has 4 nitrogen and oxygen atoms in total. The van der Waals surface area contributed by atoms with Gasteiger partial charge in [0.25, 0.3) is 0 Å². The van der Waals surface area contributed by atoms with Crippen molar-refractivity contribution in [3.63, 3.8) is 0 Å². The number of hydrogen-bond acceptors (Lipinski definition) is 3. The molecule has 0 aliphatic rings. The molecule has 0 radical (unpaired) electrons. The Labute approximate surface area is 161 Å². The molecule has 0 spiro atoms. The SMILES string of the molecule is O=C(Nc1ccccc1)Nc1ccccc1-c1nc(-c2ccccc2)cs1. The molecular formula is C22H17N3OS. The summed E-state index contributed by atoms with van der Waals surface area (Å²) in [6.45, 7) is 0. The Balaban J connectivity index is 1.57. The maximum Gasteiger partial charge on any atom is 0.323 e. The monoisotopic (exact) mass is 371 g/mol. The predicted molar refractivity (Wildman–Crippen MR) is 112 cm³/mol. The molecule has 3 aromatic carbocycles. The van der Waals surface area contributed by atoms with Crippen LogP contribution in [0.25, 0.3) is 21.8 Å². The van der Waals surface area contributed by atoms with Crippen LogP contribution in [0, 0.1) is 0 Å². The number of nitrogens with one attached hydrogen (secondary N) is 2. The third-order valence-corrected chi connectivity index (χ3v) is 4.89. The zero-order valence-corrected chi connectivity index (χ0v) is 15.2. The van der Waals surface area contributed by atoms with Crippen LogP contribution in [-0.4, -0.2) is 11.0 Å². The van der Waals surface area contributed by atoms with Crippen molar-refractivity contribution >= 4 is 28.7 Å². The van der Waals surface area contributed by atoms with Gasteiger partial charge in [0.1, 0.15) is 5.01 Å². The molecule has 27 heavy (non-hydrogen) atoms. The van der Waals surface area contributed by atoms with Gasteiger partial charge in [0, 0.05) is 22.2 Å². The average molecular weight is 371 g/mol. The van der Waals surface area contributed by atoms with Crippen molar-refractivity contribution in [3.8, 4) is 21.8 Å². The van der Waals surface area contributed by atoms with Gasteiger partial charge in [-0.25, -0.2) is 9.78 Å². The number of urea groups is 1. The summed E-state index contributed by atoms with van der Waals surface area (Å²) < 4.78 is 0. The summed E-state index contributed by atoms with van der Waals surface area (Å²) in [6.07, 6.45) is 0. The number of aromatic nitrogens is 1. The van der Waals surface area contributed by atoms with Gasteiger partial charge in [-0.3, -0.25) is 0 Å². The predicted octanol–water partition coefficient (Wildman–Crippen LogP) is 6.12. The lowest BCUT2D eigenvalue weighted by Gasteiger charge is -2.10. The van der Waals surface area contributed by atoms with Crippen molar-refractivity contribution in [1.29, 1.82) is 0 Å². The molecule has 0 unspecified atom stereocenters. The zero-order chi connectivity index (χ0) is 18.5. The fourth-order valence-corrected chi connectivity index (χ4v) is 3.59. The quantitative estimate of drug-likeness (QED) is 0.454. The first-order chi connectivity index (χ1) is 13.3. The van der Waals surface area contributed by atoms with Crippen molar-refractivity contribution in [1.82, 2.24) is 4.98 Å². The second-order valence-electron chi connectivity index (χ2n) is 5.89. The van der Waals surface area contributed by atoms with Crippen molar-refractivity contribution in [2.75, 3.05) is 10.6 Å². The van der Waals surface area contributed by atoms with Crippen LogP contribution in [0.5, 0.6) is 0 Å². The Morgan fingerprint density at radius 2 is 1.44 bits per heavy atom. The lowest BCUT2D eigenvalue weighted by Crippen LogP contribution is -2.19. The topological polar surface area (TPSA) is 54.0 Å².